The SMILES string of the molecule is CC(C)OCCC(C)(C)OCCN. The van der Waals surface area contributed by atoms with E-state index in [0.29, 0.717) is 19.3 Å². The second-order valence-corrected chi connectivity index (χ2v) is 4.07. The molecular formula is C10H23NO2. The van der Waals surface area contributed by atoms with E-state index in [2.05, 4.69) is 13.8 Å². The van der Waals surface area contributed by atoms with Crippen molar-refractivity contribution >= 4 is 0 Å². The van der Waals surface area contributed by atoms with Crippen LogP contribution in [0, 0.1) is 0 Å². The summed E-state index contributed by atoms with van der Waals surface area (Å²) >= 11 is 0. The Hall–Kier alpha value is -0.120. The van der Waals surface area contributed by atoms with E-state index >= 15 is 0 Å². The maximum atomic E-state index is 5.56. The average molecular weight is 189 g/mol. The minimum Gasteiger partial charge on any atom is -0.379 e. The fourth-order valence-corrected chi connectivity index (χ4v) is 0.948. The van der Waals surface area contributed by atoms with Crippen molar-refractivity contribution in [3.8, 4) is 0 Å². The monoisotopic (exact) mass is 189 g/mol. The lowest BCUT2D eigenvalue weighted by molar-refractivity contribution is -0.0439. The minimum atomic E-state index is -0.117. The Bertz CT molecular complexity index is 124. The molecule has 13 heavy (non-hydrogen) atoms. The number of nitrogens with two attached hydrogens (primary N) is 1. The van der Waals surface area contributed by atoms with Gasteiger partial charge in [0.05, 0.1) is 18.3 Å². The van der Waals surface area contributed by atoms with Gasteiger partial charge in [0.15, 0.2) is 0 Å². The number of rotatable bonds is 7. The fourth-order valence-electron chi connectivity index (χ4n) is 0.948. The molecule has 0 atom stereocenters. The normalized spacial score (nSPS) is 12.5. The van der Waals surface area contributed by atoms with Gasteiger partial charge in [0.2, 0.25) is 0 Å². The van der Waals surface area contributed by atoms with Gasteiger partial charge in [0.25, 0.3) is 0 Å². The fraction of sp³-hybridized carbons (Fsp3) is 1.00. The largest absolute Gasteiger partial charge is 0.379 e. The van der Waals surface area contributed by atoms with E-state index in [9.17, 15) is 0 Å². The Kier molecular flexibility index (Phi) is 6.29. The summed E-state index contributed by atoms with van der Waals surface area (Å²) in [6.45, 7) is 10.1. The highest BCUT2D eigenvalue weighted by Gasteiger charge is 2.17. The van der Waals surface area contributed by atoms with E-state index in [4.69, 9.17) is 15.2 Å². The summed E-state index contributed by atoms with van der Waals surface area (Å²) in [6.07, 6.45) is 1.20. The third-order valence-corrected chi connectivity index (χ3v) is 1.77. The molecule has 0 saturated heterocycles. The molecule has 0 aliphatic heterocycles. The van der Waals surface area contributed by atoms with E-state index in [1.54, 1.807) is 0 Å². The zero-order valence-corrected chi connectivity index (χ0v) is 9.30. The molecule has 0 aromatic carbocycles. The molecule has 0 unspecified atom stereocenters. The molecule has 0 rings (SSSR count). The molecule has 0 spiro atoms. The van der Waals surface area contributed by atoms with Gasteiger partial charge in [-0.25, -0.2) is 0 Å². The van der Waals surface area contributed by atoms with Crippen LogP contribution < -0.4 is 5.73 Å². The van der Waals surface area contributed by atoms with Crippen molar-refractivity contribution in [3.63, 3.8) is 0 Å². The van der Waals surface area contributed by atoms with Gasteiger partial charge >= 0.3 is 0 Å². The van der Waals surface area contributed by atoms with Crippen molar-refractivity contribution in [2.75, 3.05) is 19.8 Å². The highest BCUT2D eigenvalue weighted by atomic mass is 16.5. The third kappa shape index (κ3) is 8.22. The van der Waals surface area contributed by atoms with Gasteiger partial charge in [-0.3, -0.25) is 0 Å². The van der Waals surface area contributed by atoms with Gasteiger partial charge in [-0.15, -0.1) is 0 Å². The van der Waals surface area contributed by atoms with Gasteiger partial charge in [-0.2, -0.15) is 0 Å². The molecule has 0 aliphatic carbocycles. The molecule has 0 fully saturated rings. The van der Waals surface area contributed by atoms with Crippen LogP contribution in [-0.2, 0) is 9.47 Å². The van der Waals surface area contributed by atoms with Gasteiger partial charge in [0.1, 0.15) is 0 Å². The first-order chi connectivity index (χ1) is 5.98. The molecule has 80 valence electrons. The van der Waals surface area contributed by atoms with Crippen LogP contribution in [0.25, 0.3) is 0 Å². The van der Waals surface area contributed by atoms with Crippen molar-refractivity contribution in [1.29, 1.82) is 0 Å². The Labute approximate surface area is 81.6 Å². The molecule has 0 radical (unpaired) electrons. The Morgan fingerprint density at radius 2 is 1.85 bits per heavy atom. The van der Waals surface area contributed by atoms with Gasteiger partial charge in [-0.05, 0) is 34.1 Å². The van der Waals surface area contributed by atoms with Crippen LogP contribution in [0.15, 0.2) is 0 Å². The molecule has 0 aliphatic rings. The van der Waals surface area contributed by atoms with E-state index in [1.165, 1.54) is 0 Å². The number of ether oxygens (including phenoxy) is 2. The van der Waals surface area contributed by atoms with Crippen LogP contribution in [0.2, 0.25) is 0 Å². The Balaban J connectivity index is 3.50. The van der Waals surface area contributed by atoms with Crippen LogP contribution >= 0.6 is 0 Å². The van der Waals surface area contributed by atoms with Crippen molar-refractivity contribution in [2.24, 2.45) is 5.73 Å². The lowest BCUT2D eigenvalue weighted by Crippen LogP contribution is -2.29. The molecular weight excluding hydrogens is 166 g/mol. The van der Waals surface area contributed by atoms with Crippen molar-refractivity contribution < 1.29 is 9.47 Å². The topological polar surface area (TPSA) is 44.5 Å². The van der Waals surface area contributed by atoms with Crippen LogP contribution in [0.5, 0.6) is 0 Å². The van der Waals surface area contributed by atoms with Crippen LogP contribution in [0.3, 0.4) is 0 Å². The smallest absolute Gasteiger partial charge is 0.0649 e. The highest BCUT2D eigenvalue weighted by Crippen LogP contribution is 2.14. The van der Waals surface area contributed by atoms with Crippen LogP contribution in [0.1, 0.15) is 34.1 Å². The van der Waals surface area contributed by atoms with E-state index in [0.717, 1.165) is 13.0 Å². The quantitative estimate of drug-likeness (QED) is 0.661. The summed E-state index contributed by atoms with van der Waals surface area (Å²) in [4.78, 5) is 0. The molecule has 0 amide bonds. The summed E-state index contributed by atoms with van der Waals surface area (Å²) in [5.41, 5.74) is 5.24. The van der Waals surface area contributed by atoms with Gasteiger partial charge in [0, 0.05) is 13.2 Å². The molecule has 0 saturated carbocycles. The summed E-state index contributed by atoms with van der Waals surface area (Å²) in [7, 11) is 0. The first-order valence-corrected chi connectivity index (χ1v) is 4.93. The molecule has 0 bridgehead atoms. The van der Waals surface area contributed by atoms with Gasteiger partial charge < -0.3 is 15.2 Å². The first-order valence-electron chi connectivity index (χ1n) is 4.93. The van der Waals surface area contributed by atoms with Crippen molar-refractivity contribution in [1.82, 2.24) is 0 Å². The van der Waals surface area contributed by atoms with E-state index in [-0.39, 0.29) is 5.60 Å². The van der Waals surface area contributed by atoms with E-state index < -0.39 is 0 Å². The highest BCUT2D eigenvalue weighted by molar-refractivity contribution is 4.68. The Morgan fingerprint density at radius 3 is 2.31 bits per heavy atom. The molecule has 2 N–H and O–H groups in total. The lowest BCUT2D eigenvalue weighted by Gasteiger charge is -2.25. The number of hydrogen-bond acceptors (Lipinski definition) is 3. The zero-order chi connectivity index (χ0) is 10.3. The standard InChI is InChI=1S/C10H23NO2/c1-9(2)12-7-5-10(3,4)13-8-6-11/h9H,5-8,11H2,1-4H3. The average Bonchev–Trinajstić information content (AvgIpc) is 2.00. The summed E-state index contributed by atoms with van der Waals surface area (Å²) in [5.74, 6) is 0. The molecule has 0 aromatic rings. The molecule has 3 heteroatoms. The molecule has 3 nitrogen and oxygen atoms in total. The first kappa shape index (κ1) is 12.9. The second-order valence-electron chi connectivity index (χ2n) is 4.07. The molecule has 0 heterocycles. The summed E-state index contributed by atoms with van der Waals surface area (Å²) < 4.78 is 11.0. The van der Waals surface area contributed by atoms with E-state index in [1.807, 2.05) is 13.8 Å². The number of hydrogen-bond donors (Lipinski definition) is 1. The third-order valence-electron chi connectivity index (χ3n) is 1.77. The van der Waals surface area contributed by atoms with Crippen molar-refractivity contribution in [2.45, 2.75) is 45.8 Å². The Morgan fingerprint density at radius 1 is 1.23 bits per heavy atom. The summed E-state index contributed by atoms with van der Waals surface area (Å²) in [5, 5.41) is 0. The van der Waals surface area contributed by atoms with Crippen molar-refractivity contribution in [3.05, 3.63) is 0 Å². The predicted octanol–water partition coefficient (Wildman–Crippen LogP) is 1.56. The predicted molar refractivity (Wildman–Crippen MR) is 54.8 cm³/mol. The maximum absolute atomic E-state index is 5.56. The van der Waals surface area contributed by atoms with Gasteiger partial charge in [-0.1, -0.05) is 0 Å². The van der Waals surface area contributed by atoms with Crippen LogP contribution in [0.4, 0.5) is 0 Å². The minimum absolute atomic E-state index is 0.117. The zero-order valence-electron chi connectivity index (χ0n) is 9.30. The molecule has 0 aromatic heterocycles. The lowest BCUT2D eigenvalue weighted by atomic mass is 10.1. The van der Waals surface area contributed by atoms with Crippen LogP contribution in [-0.4, -0.2) is 31.5 Å². The maximum Gasteiger partial charge on any atom is 0.0649 e. The second kappa shape index (κ2) is 6.35. The summed E-state index contributed by atoms with van der Waals surface area (Å²) in [6, 6.07) is 0.